The molecule has 0 atom stereocenters. The molecule has 0 spiro atoms. The summed E-state index contributed by atoms with van der Waals surface area (Å²) in [5, 5.41) is 3.12. The van der Waals surface area contributed by atoms with Crippen LogP contribution in [0.3, 0.4) is 0 Å². The summed E-state index contributed by atoms with van der Waals surface area (Å²) in [5.41, 5.74) is 3.14. The highest BCUT2D eigenvalue weighted by Gasteiger charge is 2.16. The van der Waals surface area contributed by atoms with E-state index in [4.69, 9.17) is 14.5 Å². The molecule has 0 bridgehead atoms. The molecule has 1 fully saturated rings. The van der Waals surface area contributed by atoms with Gasteiger partial charge in [-0.2, -0.15) is 0 Å². The number of benzene rings is 1. The molecular formula is C22H23N3O2S. The largest absolute Gasteiger partial charge is 0.486 e. The average Bonchev–Trinajstić information content (AvgIpc) is 3.09. The minimum Gasteiger partial charge on any atom is -0.486 e. The van der Waals surface area contributed by atoms with Crippen molar-refractivity contribution in [2.75, 3.05) is 31.2 Å². The van der Waals surface area contributed by atoms with Crippen LogP contribution in [-0.2, 0) is 0 Å². The van der Waals surface area contributed by atoms with Gasteiger partial charge in [0.2, 0.25) is 0 Å². The molecule has 2 aliphatic rings. The molecule has 1 aromatic carbocycles. The SMILES string of the molecule is c1cc(-c2nc(-c3ccc4c(c3)OCCO4)cs2)cc(N2CCCCCC2)n1. The first-order valence-electron chi connectivity index (χ1n) is 9.94. The zero-order valence-electron chi connectivity index (χ0n) is 15.8. The van der Waals surface area contributed by atoms with Crippen LogP contribution in [0.2, 0.25) is 0 Å². The van der Waals surface area contributed by atoms with E-state index in [0.29, 0.717) is 13.2 Å². The van der Waals surface area contributed by atoms with Gasteiger partial charge in [-0.25, -0.2) is 9.97 Å². The Morgan fingerprint density at radius 1 is 0.857 bits per heavy atom. The molecule has 0 aliphatic carbocycles. The van der Waals surface area contributed by atoms with Gasteiger partial charge in [0.1, 0.15) is 24.0 Å². The Labute approximate surface area is 169 Å². The summed E-state index contributed by atoms with van der Waals surface area (Å²) in [6, 6.07) is 10.3. The fraction of sp³-hybridized carbons (Fsp3) is 0.364. The Balaban J connectivity index is 1.41. The fourth-order valence-electron chi connectivity index (χ4n) is 3.77. The van der Waals surface area contributed by atoms with E-state index in [1.807, 2.05) is 30.5 Å². The molecule has 2 aromatic heterocycles. The molecule has 0 amide bonds. The van der Waals surface area contributed by atoms with Crippen molar-refractivity contribution in [1.29, 1.82) is 0 Å². The molecule has 0 saturated carbocycles. The van der Waals surface area contributed by atoms with Gasteiger partial charge in [-0.3, -0.25) is 0 Å². The van der Waals surface area contributed by atoms with Gasteiger partial charge < -0.3 is 14.4 Å². The smallest absolute Gasteiger partial charge is 0.162 e. The predicted octanol–water partition coefficient (Wildman–Crippen LogP) is 5.02. The third kappa shape index (κ3) is 3.56. The highest BCUT2D eigenvalue weighted by molar-refractivity contribution is 7.13. The van der Waals surface area contributed by atoms with Crippen LogP contribution in [0.15, 0.2) is 41.9 Å². The van der Waals surface area contributed by atoms with E-state index in [-0.39, 0.29) is 0 Å². The van der Waals surface area contributed by atoms with E-state index >= 15 is 0 Å². The van der Waals surface area contributed by atoms with Gasteiger partial charge in [-0.1, -0.05) is 12.8 Å². The first kappa shape index (κ1) is 17.5. The summed E-state index contributed by atoms with van der Waals surface area (Å²) >= 11 is 1.66. The number of rotatable bonds is 3. The Morgan fingerprint density at radius 2 is 1.68 bits per heavy atom. The van der Waals surface area contributed by atoms with Gasteiger partial charge in [-0.05, 0) is 43.2 Å². The molecule has 5 nitrogen and oxygen atoms in total. The van der Waals surface area contributed by atoms with Crippen molar-refractivity contribution in [3.8, 4) is 33.3 Å². The van der Waals surface area contributed by atoms with Crippen molar-refractivity contribution < 1.29 is 9.47 Å². The molecule has 3 aromatic rings. The Morgan fingerprint density at radius 3 is 2.54 bits per heavy atom. The van der Waals surface area contributed by atoms with Crippen LogP contribution in [0.1, 0.15) is 25.7 Å². The normalized spacial score (nSPS) is 16.6. The second kappa shape index (κ2) is 7.80. The molecular weight excluding hydrogens is 370 g/mol. The van der Waals surface area contributed by atoms with Gasteiger partial charge in [0.15, 0.2) is 11.5 Å². The summed E-state index contributed by atoms with van der Waals surface area (Å²) in [6.45, 7) is 3.39. The van der Waals surface area contributed by atoms with Gasteiger partial charge in [0, 0.05) is 35.8 Å². The maximum atomic E-state index is 5.71. The second-order valence-corrected chi connectivity index (χ2v) is 8.06. The molecule has 0 unspecified atom stereocenters. The van der Waals surface area contributed by atoms with Crippen molar-refractivity contribution in [2.45, 2.75) is 25.7 Å². The molecule has 0 N–H and O–H groups in total. The molecule has 144 valence electrons. The van der Waals surface area contributed by atoms with Crippen LogP contribution in [0.5, 0.6) is 11.5 Å². The summed E-state index contributed by atoms with van der Waals surface area (Å²) in [4.78, 5) is 11.9. The number of anilines is 1. The second-order valence-electron chi connectivity index (χ2n) is 7.20. The van der Waals surface area contributed by atoms with Gasteiger partial charge in [0.05, 0.1) is 5.69 Å². The Bertz CT molecular complexity index is 964. The summed E-state index contributed by atoms with van der Waals surface area (Å²) in [5.74, 6) is 2.67. The number of pyridine rings is 1. The lowest BCUT2D eigenvalue weighted by molar-refractivity contribution is 0.171. The molecule has 4 heterocycles. The monoisotopic (exact) mass is 393 g/mol. The fourth-order valence-corrected chi connectivity index (χ4v) is 4.59. The van der Waals surface area contributed by atoms with E-state index < -0.39 is 0 Å². The lowest BCUT2D eigenvalue weighted by Gasteiger charge is -2.21. The van der Waals surface area contributed by atoms with E-state index in [2.05, 4.69) is 21.3 Å². The highest BCUT2D eigenvalue weighted by Crippen LogP contribution is 2.36. The van der Waals surface area contributed by atoms with Crippen LogP contribution in [-0.4, -0.2) is 36.3 Å². The maximum Gasteiger partial charge on any atom is 0.162 e. The zero-order chi connectivity index (χ0) is 18.8. The number of thiazole rings is 1. The maximum absolute atomic E-state index is 5.71. The van der Waals surface area contributed by atoms with Gasteiger partial charge in [-0.15, -0.1) is 11.3 Å². The highest BCUT2D eigenvalue weighted by atomic mass is 32.1. The number of nitrogens with zero attached hydrogens (tertiary/aromatic N) is 3. The van der Waals surface area contributed by atoms with Crippen LogP contribution >= 0.6 is 11.3 Å². The van der Waals surface area contributed by atoms with Crippen LogP contribution in [0.4, 0.5) is 5.82 Å². The first-order chi connectivity index (χ1) is 13.9. The summed E-state index contributed by atoms with van der Waals surface area (Å²) < 4.78 is 11.3. The van der Waals surface area contributed by atoms with E-state index in [1.165, 1.54) is 25.7 Å². The van der Waals surface area contributed by atoms with Crippen LogP contribution in [0, 0.1) is 0 Å². The van der Waals surface area contributed by atoms with Crippen molar-refractivity contribution in [1.82, 2.24) is 9.97 Å². The average molecular weight is 394 g/mol. The Hall–Kier alpha value is -2.60. The molecule has 2 aliphatic heterocycles. The van der Waals surface area contributed by atoms with Crippen molar-refractivity contribution in [3.63, 3.8) is 0 Å². The minimum absolute atomic E-state index is 0.592. The van der Waals surface area contributed by atoms with Gasteiger partial charge in [0.25, 0.3) is 0 Å². The number of hydrogen-bond donors (Lipinski definition) is 0. The number of aromatic nitrogens is 2. The van der Waals surface area contributed by atoms with Crippen molar-refractivity contribution >= 4 is 17.2 Å². The van der Waals surface area contributed by atoms with E-state index in [0.717, 1.165) is 52.2 Å². The standard InChI is InChI=1S/C22H23N3O2S/c1-2-4-10-25(9-3-1)21-14-17(7-8-23-21)22-24-18(15-28-22)16-5-6-19-20(13-16)27-12-11-26-19/h5-8,13-15H,1-4,9-12H2. The molecule has 0 radical (unpaired) electrons. The third-order valence-electron chi connectivity index (χ3n) is 5.26. The van der Waals surface area contributed by atoms with Crippen molar-refractivity contribution in [2.24, 2.45) is 0 Å². The number of fused-ring (bicyclic) bond motifs is 1. The van der Waals surface area contributed by atoms with E-state index in [9.17, 15) is 0 Å². The lowest BCUT2D eigenvalue weighted by Crippen LogP contribution is -2.24. The van der Waals surface area contributed by atoms with Crippen LogP contribution in [0.25, 0.3) is 21.8 Å². The minimum atomic E-state index is 0.592. The molecule has 5 rings (SSSR count). The van der Waals surface area contributed by atoms with Crippen LogP contribution < -0.4 is 14.4 Å². The van der Waals surface area contributed by atoms with Crippen molar-refractivity contribution in [3.05, 3.63) is 41.9 Å². The summed E-state index contributed by atoms with van der Waals surface area (Å²) in [6.07, 6.45) is 7.04. The van der Waals surface area contributed by atoms with E-state index in [1.54, 1.807) is 11.3 Å². The molecule has 1 saturated heterocycles. The summed E-state index contributed by atoms with van der Waals surface area (Å²) in [7, 11) is 0. The number of ether oxygens (including phenoxy) is 2. The Kier molecular flexibility index (Phi) is 4.87. The zero-order valence-corrected chi connectivity index (χ0v) is 16.6. The predicted molar refractivity (Wildman–Crippen MR) is 112 cm³/mol. The molecule has 6 heteroatoms. The quantitative estimate of drug-likeness (QED) is 0.625. The number of hydrogen-bond acceptors (Lipinski definition) is 6. The van der Waals surface area contributed by atoms with Gasteiger partial charge >= 0.3 is 0 Å². The lowest BCUT2D eigenvalue weighted by atomic mass is 10.1. The topological polar surface area (TPSA) is 47.5 Å². The third-order valence-corrected chi connectivity index (χ3v) is 6.16. The molecule has 28 heavy (non-hydrogen) atoms. The first-order valence-corrected chi connectivity index (χ1v) is 10.8.